The van der Waals surface area contributed by atoms with Crippen molar-refractivity contribution in [2.24, 2.45) is 17.8 Å². The van der Waals surface area contributed by atoms with Crippen LogP contribution in [0.2, 0.25) is 0 Å². The molecule has 242 valence electrons. The Balaban J connectivity index is 1.37. The maximum Gasteiger partial charge on any atom is 0.247 e. The predicted molar refractivity (Wildman–Crippen MR) is 166 cm³/mol. The summed E-state index contributed by atoms with van der Waals surface area (Å²) in [6.07, 6.45) is 5.23. The Kier molecular flexibility index (Phi) is 9.35. The largest absolute Gasteiger partial charge is 0.496 e. The van der Waals surface area contributed by atoms with E-state index in [2.05, 4.69) is 5.32 Å². The van der Waals surface area contributed by atoms with Gasteiger partial charge in [-0.1, -0.05) is 24.6 Å². The van der Waals surface area contributed by atoms with E-state index < -0.39 is 30.1 Å². The summed E-state index contributed by atoms with van der Waals surface area (Å²) in [7, 11) is 3.12. The Bertz CT molecular complexity index is 1440. The molecule has 45 heavy (non-hydrogen) atoms. The summed E-state index contributed by atoms with van der Waals surface area (Å²) >= 11 is 0. The van der Waals surface area contributed by atoms with Crippen molar-refractivity contribution in [1.29, 1.82) is 0 Å². The number of carbonyl (C=O) groups is 2. The summed E-state index contributed by atoms with van der Waals surface area (Å²) in [5.41, 5.74) is 2.49. The van der Waals surface area contributed by atoms with Crippen LogP contribution in [0, 0.1) is 17.8 Å². The fraction of sp³-hybridized carbons (Fsp3) is 0.543. The lowest BCUT2D eigenvalue weighted by Crippen LogP contribution is -2.56. The zero-order valence-corrected chi connectivity index (χ0v) is 26.0. The molecule has 2 aromatic rings. The van der Waals surface area contributed by atoms with E-state index in [4.69, 9.17) is 14.2 Å². The van der Waals surface area contributed by atoms with Gasteiger partial charge in [-0.2, -0.15) is 0 Å². The summed E-state index contributed by atoms with van der Waals surface area (Å²) in [4.78, 5) is 29.7. The number of aliphatic hydroxyl groups excluding tert-OH is 3. The van der Waals surface area contributed by atoms with Crippen molar-refractivity contribution in [2.45, 2.75) is 69.3 Å². The number of benzene rings is 2. The maximum absolute atomic E-state index is 14.3. The van der Waals surface area contributed by atoms with Gasteiger partial charge in [0, 0.05) is 30.6 Å². The number of para-hydroxylation sites is 1. The number of nitrogens with zero attached hydrogens (tertiary/aromatic N) is 1. The quantitative estimate of drug-likeness (QED) is 0.284. The number of hydrogen-bond donors (Lipinski definition) is 4. The van der Waals surface area contributed by atoms with Crippen molar-refractivity contribution in [2.75, 3.05) is 33.9 Å². The molecular weight excluding hydrogens is 576 g/mol. The van der Waals surface area contributed by atoms with Crippen LogP contribution in [0.3, 0.4) is 0 Å². The van der Waals surface area contributed by atoms with E-state index in [-0.39, 0.29) is 25.7 Å². The summed E-state index contributed by atoms with van der Waals surface area (Å²) in [6, 6.07) is 10.3. The van der Waals surface area contributed by atoms with Gasteiger partial charge in [0.2, 0.25) is 11.8 Å². The monoisotopic (exact) mass is 620 g/mol. The lowest BCUT2D eigenvalue weighted by Gasteiger charge is -2.41. The molecule has 0 saturated heterocycles. The molecule has 2 amide bonds. The third-order valence-corrected chi connectivity index (χ3v) is 10.3. The van der Waals surface area contributed by atoms with Crippen molar-refractivity contribution >= 4 is 11.8 Å². The van der Waals surface area contributed by atoms with Crippen LogP contribution in [0.4, 0.5) is 0 Å². The van der Waals surface area contributed by atoms with Crippen molar-refractivity contribution < 1.29 is 39.1 Å². The van der Waals surface area contributed by atoms with Gasteiger partial charge in [-0.15, -0.1) is 0 Å². The third kappa shape index (κ3) is 6.03. The number of methoxy groups -OCH3 is 2. The average Bonchev–Trinajstić information content (AvgIpc) is 3.79. The molecule has 6 rings (SSSR count). The van der Waals surface area contributed by atoms with Crippen molar-refractivity contribution in [3.8, 4) is 17.2 Å². The van der Waals surface area contributed by atoms with E-state index in [0.29, 0.717) is 65.3 Å². The van der Waals surface area contributed by atoms with E-state index in [0.717, 1.165) is 17.7 Å². The van der Waals surface area contributed by atoms with Crippen LogP contribution in [-0.4, -0.2) is 84.2 Å². The molecule has 2 saturated carbocycles. The zero-order chi connectivity index (χ0) is 31.7. The van der Waals surface area contributed by atoms with Crippen LogP contribution >= 0.6 is 0 Å². The van der Waals surface area contributed by atoms with Gasteiger partial charge >= 0.3 is 0 Å². The molecular formula is C35H44N2O8. The molecule has 10 nitrogen and oxygen atoms in total. The van der Waals surface area contributed by atoms with E-state index in [1.165, 1.54) is 26.4 Å². The lowest BCUT2D eigenvalue weighted by molar-refractivity contribution is -0.138. The minimum atomic E-state index is -1.15. The predicted octanol–water partition coefficient (Wildman–Crippen LogP) is 2.72. The van der Waals surface area contributed by atoms with Gasteiger partial charge in [-0.3, -0.25) is 9.59 Å². The molecule has 4 N–H and O–H groups in total. The van der Waals surface area contributed by atoms with E-state index in [1.54, 1.807) is 30.2 Å². The third-order valence-electron chi connectivity index (χ3n) is 10.3. The Hall–Kier alpha value is -3.60. The second kappa shape index (κ2) is 13.4. The SMILES string of the molecule is COc1ccccc1CCN(C(=O)CC1CC2CCC1C2)C1C=C(C(=O)NCCO)C2c3cc(CO)cc(OC)c3OC2C1O. The highest BCUT2D eigenvalue weighted by atomic mass is 16.5. The van der Waals surface area contributed by atoms with Crippen LogP contribution in [0.25, 0.3) is 0 Å². The summed E-state index contributed by atoms with van der Waals surface area (Å²) in [6.45, 7) is -0.112. The molecule has 0 radical (unpaired) electrons. The molecule has 2 aromatic carbocycles. The Morgan fingerprint density at radius 1 is 1.07 bits per heavy atom. The minimum Gasteiger partial charge on any atom is -0.496 e. The van der Waals surface area contributed by atoms with E-state index >= 15 is 0 Å². The first-order chi connectivity index (χ1) is 21.9. The summed E-state index contributed by atoms with van der Waals surface area (Å²) < 4.78 is 17.5. The molecule has 4 aliphatic rings. The van der Waals surface area contributed by atoms with E-state index in [1.807, 2.05) is 24.3 Å². The van der Waals surface area contributed by atoms with Crippen molar-refractivity contribution in [1.82, 2.24) is 10.2 Å². The summed E-state index contributed by atoms with van der Waals surface area (Å²) in [5, 5.41) is 34.1. The number of carbonyl (C=O) groups excluding carboxylic acids is 2. The Labute approximate surface area is 264 Å². The highest BCUT2D eigenvalue weighted by molar-refractivity contribution is 5.96. The van der Waals surface area contributed by atoms with Crippen LogP contribution < -0.4 is 19.5 Å². The fourth-order valence-corrected chi connectivity index (χ4v) is 8.18. The number of aliphatic hydroxyl groups is 3. The number of ether oxygens (including phenoxy) is 3. The van der Waals surface area contributed by atoms with Gasteiger partial charge < -0.3 is 39.7 Å². The Morgan fingerprint density at radius 3 is 2.56 bits per heavy atom. The first-order valence-corrected chi connectivity index (χ1v) is 16.0. The lowest BCUT2D eigenvalue weighted by atomic mass is 9.77. The highest BCUT2D eigenvalue weighted by Gasteiger charge is 2.52. The number of amides is 2. The molecule has 1 aliphatic heterocycles. The standard InChI is InChI=1S/C35H44N2O8/c1-43-28-6-4-3-5-22(28)9-11-37(30(40)17-24-14-20-7-8-23(24)13-20)27-18-26(35(42)36-10-12-38)31-25-15-21(19-39)16-29(44-2)33(25)45-34(31)32(27)41/h3-6,15-16,18,20,23-24,27,31-32,34,38-39,41H,7-14,17,19H2,1-2H3,(H,36,42). The first kappa shape index (κ1) is 31.4. The van der Waals surface area contributed by atoms with Gasteiger partial charge in [-0.05, 0) is 78.8 Å². The highest BCUT2D eigenvalue weighted by Crippen LogP contribution is 2.52. The van der Waals surface area contributed by atoms with Crippen molar-refractivity contribution in [3.63, 3.8) is 0 Å². The second-order valence-corrected chi connectivity index (χ2v) is 12.8. The van der Waals surface area contributed by atoms with Crippen molar-refractivity contribution in [3.05, 3.63) is 64.7 Å². The molecule has 3 aliphatic carbocycles. The molecule has 1 heterocycles. The number of fused-ring (bicyclic) bond motifs is 5. The maximum atomic E-state index is 14.3. The van der Waals surface area contributed by atoms with Crippen LogP contribution in [0.5, 0.6) is 17.2 Å². The van der Waals surface area contributed by atoms with Crippen LogP contribution in [-0.2, 0) is 22.6 Å². The fourth-order valence-electron chi connectivity index (χ4n) is 8.18. The summed E-state index contributed by atoms with van der Waals surface area (Å²) in [5.74, 6) is 1.98. The number of hydrogen-bond acceptors (Lipinski definition) is 8. The smallest absolute Gasteiger partial charge is 0.247 e. The van der Waals surface area contributed by atoms with Gasteiger partial charge in [0.1, 0.15) is 18.0 Å². The van der Waals surface area contributed by atoms with E-state index in [9.17, 15) is 24.9 Å². The second-order valence-electron chi connectivity index (χ2n) is 12.8. The average molecular weight is 621 g/mol. The van der Waals surface area contributed by atoms with Gasteiger partial charge in [0.15, 0.2) is 11.5 Å². The normalized spacial score (nSPS) is 27.7. The molecule has 0 aromatic heterocycles. The first-order valence-electron chi connectivity index (χ1n) is 16.0. The van der Waals surface area contributed by atoms with Gasteiger partial charge in [0.25, 0.3) is 0 Å². The minimum absolute atomic E-state index is 0.0491. The topological polar surface area (TPSA) is 138 Å². The number of rotatable bonds is 12. The molecule has 10 heteroatoms. The molecule has 7 unspecified atom stereocenters. The number of nitrogens with one attached hydrogen (secondary N) is 1. The van der Waals surface area contributed by atoms with Crippen LogP contribution in [0.15, 0.2) is 48.0 Å². The van der Waals surface area contributed by atoms with Crippen LogP contribution in [0.1, 0.15) is 54.7 Å². The molecule has 7 atom stereocenters. The zero-order valence-electron chi connectivity index (χ0n) is 26.0. The molecule has 2 bridgehead atoms. The Morgan fingerprint density at radius 2 is 1.87 bits per heavy atom. The molecule has 0 spiro atoms. The van der Waals surface area contributed by atoms with Gasteiger partial charge in [-0.25, -0.2) is 0 Å². The molecule has 2 fully saturated rings. The van der Waals surface area contributed by atoms with Gasteiger partial charge in [0.05, 0.1) is 39.4 Å².